The van der Waals surface area contributed by atoms with Gasteiger partial charge in [0.05, 0.1) is 36.9 Å². The Labute approximate surface area is 396 Å². The van der Waals surface area contributed by atoms with Crippen LogP contribution in [0.1, 0.15) is 107 Å². The summed E-state index contributed by atoms with van der Waals surface area (Å²) in [6, 6.07) is 9.06. The number of ether oxygens (including phenoxy) is 8. The Morgan fingerprint density at radius 2 is 1.30 bits per heavy atom. The van der Waals surface area contributed by atoms with Crippen molar-refractivity contribution >= 4 is 40.5 Å². The fourth-order valence-electron chi connectivity index (χ4n) is 6.76. The highest BCUT2D eigenvalue weighted by Crippen LogP contribution is 2.42. The molecular weight excluding hydrogens is 905 g/mol. The molecule has 67 heavy (non-hydrogen) atoms. The van der Waals surface area contributed by atoms with E-state index in [1.54, 1.807) is 20.8 Å². The molecule has 0 saturated carbocycles. The molecule has 0 aliphatic carbocycles. The van der Waals surface area contributed by atoms with Crippen LogP contribution in [0.3, 0.4) is 0 Å². The first-order valence-corrected chi connectivity index (χ1v) is 28.5. The van der Waals surface area contributed by atoms with E-state index < -0.39 is 126 Å². The van der Waals surface area contributed by atoms with Gasteiger partial charge in [0.15, 0.2) is 41.9 Å². The fourth-order valence-corrected chi connectivity index (χ4v) is 9.14. The summed E-state index contributed by atoms with van der Waals surface area (Å²) in [5.74, 6) is -2.80. The largest absolute Gasteiger partial charge is 0.463 e. The van der Waals surface area contributed by atoms with Gasteiger partial charge in [-0.3, -0.25) is 28.5 Å². The van der Waals surface area contributed by atoms with E-state index in [4.69, 9.17) is 46.7 Å². The van der Waals surface area contributed by atoms with Crippen LogP contribution < -0.4 is 11.2 Å². The highest BCUT2D eigenvalue weighted by atomic mass is 28.4. The SMILES string of the molecule is CC(=O)OC[C@H]1O[C@@H](OCc2cn([C@H]3C[C@H](O[Si](C)(C)C(C)(C)C)[C@@H](CO[Si](C)(C)C(C)(C)C)O3)c(=O)n(COC(=O)C(C)(C)C)c2=O)[C@H](OCc2ccccc2)[C@@H](OC(C)=O)[C@@H]1OC(C)=O. The van der Waals surface area contributed by atoms with Gasteiger partial charge in [-0.2, -0.15) is 0 Å². The van der Waals surface area contributed by atoms with E-state index in [1.807, 2.05) is 30.3 Å². The molecule has 20 heteroatoms. The molecule has 2 aromatic rings. The van der Waals surface area contributed by atoms with E-state index >= 15 is 0 Å². The zero-order chi connectivity index (χ0) is 50.4. The van der Waals surface area contributed by atoms with Crippen molar-refractivity contribution in [2.45, 2.75) is 195 Å². The molecule has 0 unspecified atom stereocenters. The number of benzene rings is 1. The summed E-state index contributed by atoms with van der Waals surface area (Å²) >= 11 is 0. The second kappa shape index (κ2) is 22.2. The molecule has 0 N–H and O–H groups in total. The number of aromatic nitrogens is 2. The van der Waals surface area contributed by atoms with Crippen LogP contribution in [0.5, 0.6) is 0 Å². The Bertz CT molecular complexity index is 2150. The van der Waals surface area contributed by atoms with Crippen LogP contribution in [0.4, 0.5) is 0 Å². The summed E-state index contributed by atoms with van der Waals surface area (Å²) in [5, 5.41) is -0.254. The minimum Gasteiger partial charge on any atom is -0.463 e. The van der Waals surface area contributed by atoms with Crippen LogP contribution in [0.25, 0.3) is 0 Å². The highest BCUT2D eigenvalue weighted by molar-refractivity contribution is 6.74. The zero-order valence-corrected chi connectivity index (χ0v) is 44.3. The number of esters is 4. The Kier molecular flexibility index (Phi) is 18.4. The first kappa shape index (κ1) is 55.6. The Balaban J connectivity index is 1.83. The second-order valence-corrected chi connectivity index (χ2v) is 30.9. The summed E-state index contributed by atoms with van der Waals surface area (Å²) in [6.45, 7) is 28.3. The topological polar surface area (TPSA) is 205 Å². The number of carbonyl (C=O) groups is 4. The lowest BCUT2D eigenvalue weighted by Crippen LogP contribution is -2.62. The summed E-state index contributed by atoms with van der Waals surface area (Å²) in [7, 11) is -4.69. The average molecular weight is 979 g/mol. The van der Waals surface area contributed by atoms with Gasteiger partial charge in [-0.15, -0.1) is 0 Å². The maximum Gasteiger partial charge on any atom is 0.335 e. The quantitative estimate of drug-likeness (QED) is 0.0887. The average Bonchev–Trinajstić information content (AvgIpc) is 3.59. The summed E-state index contributed by atoms with van der Waals surface area (Å²) in [5.41, 5.74) is -1.95. The van der Waals surface area contributed by atoms with Gasteiger partial charge in [0.25, 0.3) is 5.56 Å². The van der Waals surface area contributed by atoms with E-state index in [-0.39, 0.29) is 35.3 Å². The van der Waals surface area contributed by atoms with E-state index in [0.717, 1.165) is 17.1 Å². The molecule has 0 bridgehead atoms. The molecule has 0 amide bonds. The third-order valence-electron chi connectivity index (χ3n) is 12.7. The lowest BCUT2D eigenvalue weighted by atomic mass is 9.98. The van der Waals surface area contributed by atoms with Crippen LogP contribution in [0.15, 0.2) is 46.1 Å². The van der Waals surface area contributed by atoms with Gasteiger partial charge in [0.2, 0.25) is 0 Å². The molecule has 2 saturated heterocycles. The third-order valence-corrected chi connectivity index (χ3v) is 21.7. The number of carbonyl (C=O) groups excluding carboxylic acids is 4. The predicted octanol–water partition coefficient (Wildman–Crippen LogP) is 6.51. The molecule has 0 spiro atoms. The van der Waals surface area contributed by atoms with Crippen molar-refractivity contribution in [1.29, 1.82) is 0 Å². The third kappa shape index (κ3) is 14.7. The number of hydrogen-bond acceptors (Lipinski definition) is 16. The van der Waals surface area contributed by atoms with Gasteiger partial charge >= 0.3 is 29.6 Å². The monoisotopic (exact) mass is 978 g/mol. The van der Waals surface area contributed by atoms with E-state index in [9.17, 15) is 28.8 Å². The summed E-state index contributed by atoms with van der Waals surface area (Å²) in [6.07, 6.45) is -7.16. The first-order chi connectivity index (χ1) is 30.8. The first-order valence-electron chi connectivity index (χ1n) is 22.7. The van der Waals surface area contributed by atoms with Gasteiger partial charge in [0, 0.05) is 33.4 Å². The molecule has 3 heterocycles. The molecule has 2 aliphatic heterocycles. The van der Waals surface area contributed by atoms with Crippen molar-refractivity contribution in [1.82, 2.24) is 9.13 Å². The van der Waals surface area contributed by atoms with E-state index in [1.165, 1.54) is 24.6 Å². The van der Waals surface area contributed by atoms with Gasteiger partial charge < -0.3 is 46.7 Å². The fraction of sp³-hybridized carbons (Fsp3) is 0.702. The molecule has 2 aliphatic rings. The van der Waals surface area contributed by atoms with E-state index in [2.05, 4.69) is 67.7 Å². The number of rotatable bonds is 18. The van der Waals surface area contributed by atoms with Gasteiger partial charge in [-0.05, 0) is 62.6 Å². The van der Waals surface area contributed by atoms with Gasteiger partial charge in [0.1, 0.15) is 31.1 Å². The van der Waals surface area contributed by atoms with Crippen molar-refractivity contribution < 1.29 is 65.9 Å². The Hall–Kier alpha value is -4.03. The zero-order valence-electron chi connectivity index (χ0n) is 42.3. The van der Waals surface area contributed by atoms with Crippen LogP contribution >= 0.6 is 0 Å². The molecule has 4 rings (SSSR count). The van der Waals surface area contributed by atoms with Crippen LogP contribution in [-0.2, 0) is 85.9 Å². The number of hydrogen-bond donors (Lipinski definition) is 0. The van der Waals surface area contributed by atoms with Crippen LogP contribution in [0.2, 0.25) is 36.3 Å². The van der Waals surface area contributed by atoms with E-state index in [0.29, 0.717) is 0 Å². The van der Waals surface area contributed by atoms with Crippen molar-refractivity contribution in [3.05, 3.63) is 68.5 Å². The minimum absolute atomic E-state index is 0.0395. The standard InChI is InChI=1S/C47H74N2O16Si2/c1-29(50)56-26-36-38(61-30(2)51)39(62-31(3)52)40(57-24-32-20-18-17-19-21-32)42(64-36)58-25-33-23-48(44(55)49(41(33)53)28-59-43(54)45(4,5)6)37-22-34(65-67(15,16)47(10,11)12)35(63-37)27-60-66(13,14)46(7,8)9/h17-21,23,34-40,42H,22,24-28H2,1-16H3/t34-,35+,36+,37+,38+,39-,40+,42+/m0/s1. The summed E-state index contributed by atoms with van der Waals surface area (Å²) in [4.78, 5) is 79.0. The van der Waals surface area contributed by atoms with Crippen molar-refractivity contribution in [3.63, 3.8) is 0 Å². The Morgan fingerprint density at radius 3 is 1.85 bits per heavy atom. The van der Waals surface area contributed by atoms with Crippen LogP contribution in [0, 0.1) is 5.41 Å². The minimum atomic E-state index is -2.41. The molecule has 1 aromatic carbocycles. The van der Waals surface area contributed by atoms with Crippen LogP contribution in [-0.4, -0.2) is 106 Å². The highest BCUT2D eigenvalue weighted by Gasteiger charge is 2.52. The van der Waals surface area contributed by atoms with Gasteiger partial charge in [-0.1, -0.05) is 71.9 Å². The normalized spacial score (nSPS) is 23.9. The molecule has 2 fully saturated rings. The molecule has 18 nitrogen and oxygen atoms in total. The molecule has 0 radical (unpaired) electrons. The maximum atomic E-state index is 14.5. The predicted molar refractivity (Wildman–Crippen MR) is 250 cm³/mol. The van der Waals surface area contributed by atoms with Crippen molar-refractivity contribution in [2.75, 3.05) is 13.2 Å². The molecule has 8 atom stereocenters. The van der Waals surface area contributed by atoms with Crippen molar-refractivity contribution in [3.8, 4) is 0 Å². The Morgan fingerprint density at radius 1 is 0.701 bits per heavy atom. The number of nitrogens with zero attached hydrogens (tertiary/aromatic N) is 2. The molecule has 376 valence electrons. The second-order valence-electron chi connectivity index (χ2n) is 21.3. The smallest absolute Gasteiger partial charge is 0.335 e. The molecular formula is C47H74N2O16Si2. The lowest BCUT2D eigenvalue weighted by Gasteiger charge is -2.44. The summed E-state index contributed by atoms with van der Waals surface area (Å²) < 4.78 is 63.6. The van der Waals surface area contributed by atoms with Crippen molar-refractivity contribution in [2.24, 2.45) is 5.41 Å². The molecule has 1 aromatic heterocycles. The van der Waals surface area contributed by atoms with Gasteiger partial charge in [-0.25, -0.2) is 9.36 Å². The maximum absolute atomic E-state index is 14.5. The lowest BCUT2D eigenvalue weighted by molar-refractivity contribution is -0.318.